The predicted molar refractivity (Wildman–Crippen MR) is 154 cm³/mol. The molecular formula is C31H46O5Si. The fourth-order valence-corrected chi connectivity index (χ4v) is 11.5. The molecule has 0 heterocycles. The smallest absolute Gasteiger partial charge is 0.377 e. The lowest BCUT2D eigenvalue weighted by molar-refractivity contribution is -0.131. The van der Waals surface area contributed by atoms with E-state index in [4.69, 9.17) is 9.16 Å². The summed E-state index contributed by atoms with van der Waals surface area (Å²) in [5.41, 5.74) is 6.20. The van der Waals surface area contributed by atoms with Gasteiger partial charge in [0.15, 0.2) is 0 Å². The van der Waals surface area contributed by atoms with Gasteiger partial charge in [0.05, 0.1) is 0 Å². The monoisotopic (exact) mass is 526 g/mol. The zero-order chi connectivity index (χ0) is 28.2. The maximum absolute atomic E-state index is 12.5. The summed E-state index contributed by atoms with van der Waals surface area (Å²) in [5.74, 6) is -1.43. The van der Waals surface area contributed by atoms with Crippen LogP contribution in [0.15, 0.2) is 30.3 Å². The lowest BCUT2D eigenvalue weighted by Gasteiger charge is -2.42. The highest BCUT2D eigenvalue weighted by Gasteiger charge is 2.47. The van der Waals surface area contributed by atoms with Crippen molar-refractivity contribution in [1.82, 2.24) is 0 Å². The molecule has 0 spiro atoms. The molecule has 0 fully saturated rings. The molecule has 204 valence electrons. The number of carbonyl (C=O) groups is 2. The SMILES string of the molecule is CCOC(c1ccc(O[Si](C(C)C)(C(C)C)C(C)C)cc1)c1c(C)cc(C(=O)C(=O)O)c(C(C)C)c1C. The van der Waals surface area contributed by atoms with E-state index in [1.807, 2.05) is 46.8 Å². The van der Waals surface area contributed by atoms with Crippen LogP contribution in [-0.2, 0) is 9.53 Å². The van der Waals surface area contributed by atoms with Crippen LogP contribution < -0.4 is 4.43 Å². The van der Waals surface area contributed by atoms with Gasteiger partial charge in [-0.25, -0.2) is 4.79 Å². The number of benzene rings is 2. The Bertz CT molecular complexity index is 1080. The highest BCUT2D eigenvalue weighted by Crippen LogP contribution is 2.43. The summed E-state index contributed by atoms with van der Waals surface area (Å²) in [6.07, 6.45) is -0.340. The normalized spacial score (nSPS) is 13.1. The van der Waals surface area contributed by atoms with Crippen LogP contribution in [0, 0.1) is 13.8 Å². The molecule has 2 aromatic rings. The summed E-state index contributed by atoms with van der Waals surface area (Å²) in [6.45, 7) is 24.0. The standard InChI is InChI=1S/C31H46O5Si/c1-12-35-30(28-22(10)17-26(29(32)31(33)34)27(18(2)3)23(28)11)24-13-15-25(16-14-24)36-37(19(4)5,20(6)7)21(8)9/h13-21,30H,12H2,1-11H3,(H,33,34). The molecule has 0 aliphatic heterocycles. The van der Waals surface area contributed by atoms with Crippen LogP contribution in [0.4, 0.5) is 0 Å². The van der Waals surface area contributed by atoms with E-state index in [9.17, 15) is 14.7 Å². The van der Waals surface area contributed by atoms with Gasteiger partial charge in [-0.15, -0.1) is 0 Å². The summed E-state index contributed by atoms with van der Waals surface area (Å²) < 4.78 is 13.1. The zero-order valence-electron chi connectivity index (χ0n) is 24.6. The van der Waals surface area contributed by atoms with Gasteiger partial charge in [-0.2, -0.15) is 0 Å². The number of aliphatic carboxylic acids is 1. The van der Waals surface area contributed by atoms with E-state index in [-0.39, 0.29) is 17.6 Å². The van der Waals surface area contributed by atoms with E-state index >= 15 is 0 Å². The summed E-state index contributed by atoms with van der Waals surface area (Å²) in [6, 6.07) is 9.95. The van der Waals surface area contributed by atoms with E-state index in [0.717, 1.165) is 33.6 Å². The van der Waals surface area contributed by atoms with Gasteiger partial charge < -0.3 is 14.3 Å². The first-order valence-corrected chi connectivity index (χ1v) is 15.7. The quantitative estimate of drug-likeness (QED) is 0.171. The molecule has 1 atom stereocenters. The first kappa shape index (κ1) is 30.8. The van der Waals surface area contributed by atoms with Crippen LogP contribution >= 0.6 is 0 Å². The largest absolute Gasteiger partial charge is 0.543 e. The molecule has 0 aliphatic rings. The number of hydrogen-bond acceptors (Lipinski definition) is 4. The molecule has 2 aromatic carbocycles. The van der Waals surface area contributed by atoms with Gasteiger partial charge >= 0.3 is 5.97 Å². The van der Waals surface area contributed by atoms with Crippen molar-refractivity contribution in [3.63, 3.8) is 0 Å². The number of ether oxygens (including phenoxy) is 1. The summed E-state index contributed by atoms with van der Waals surface area (Å²) in [5, 5.41) is 9.39. The number of aryl methyl sites for hydroxylation is 1. The van der Waals surface area contributed by atoms with Crippen LogP contribution in [0.1, 0.15) is 113 Å². The first-order valence-electron chi connectivity index (χ1n) is 13.5. The lowest BCUT2D eigenvalue weighted by Crippen LogP contribution is -2.50. The molecule has 0 saturated heterocycles. The fourth-order valence-electron chi connectivity index (χ4n) is 6.25. The Labute approximate surface area is 224 Å². The number of hydrogen-bond donors (Lipinski definition) is 1. The van der Waals surface area contributed by atoms with Crippen LogP contribution in [0.5, 0.6) is 5.75 Å². The number of ketones is 1. The average Bonchev–Trinajstić information content (AvgIpc) is 2.80. The molecule has 5 nitrogen and oxygen atoms in total. The Hall–Kier alpha value is -2.44. The van der Waals surface area contributed by atoms with Gasteiger partial charge in [-0.05, 0) is 89.3 Å². The minimum atomic E-state index is -2.07. The van der Waals surface area contributed by atoms with Crippen molar-refractivity contribution >= 4 is 20.1 Å². The van der Waals surface area contributed by atoms with Gasteiger partial charge in [0.1, 0.15) is 11.9 Å². The van der Waals surface area contributed by atoms with Crippen molar-refractivity contribution < 1.29 is 23.9 Å². The highest BCUT2D eigenvalue weighted by atomic mass is 28.4. The number of rotatable bonds is 12. The van der Waals surface area contributed by atoms with Crippen molar-refractivity contribution in [1.29, 1.82) is 0 Å². The molecule has 0 radical (unpaired) electrons. The Morgan fingerprint density at radius 3 is 1.78 bits per heavy atom. The van der Waals surface area contributed by atoms with Gasteiger partial charge in [-0.1, -0.05) is 67.5 Å². The second-order valence-electron chi connectivity index (χ2n) is 11.3. The van der Waals surface area contributed by atoms with Crippen molar-refractivity contribution in [2.45, 2.75) is 105 Å². The third-order valence-electron chi connectivity index (χ3n) is 7.68. The van der Waals surface area contributed by atoms with Crippen LogP contribution in [0.3, 0.4) is 0 Å². The van der Waals surface area contributed by atoms with E-state index in [2.05, 4.69) is 53.7 Å². The minimum absolute atomic E-state index is 0.0168. The highest BCUT2D eigenvalue weighted by molar-refractivity contribution is 6.78. The second kappa shape index (κ2) is 12.4. The van der Waals surface area contributed by atoms with Gasteiger partial charge in [0.25, 0.3) is 14.1 Å². The molecule has 2 rings (SSSR count). The molecule has 0 amide bonds. The van der Waals surface area contributed by atoms with Gasteiger partial charge in [-0.3, -0.25) is 4.79 Å². The number of carboxylic acids is 1. The molecule has 6 heteroatoms. The van der Waals surface area contributed by atoms with Crippen LogP contribution in [0.2, 0.25) is 16.6 Å². The Balaban J connectivity index is 2.61. The van der Waals surface area contributed by atoms with E-state index < -0.39 is 20.1 Å². The number of Topliss-reactive ketones (excluding diaryl/α,β-unsaturated/α-hetero) is 1. The molecule has 0 aromatic heterocycles. The summed E-state index contributed by atoms with van der Waals surface area (Å²) in [4.78, 5) is 24.0. The second-order valence-corrected chi connectivity index (χ2v) is 16.7. The molecule has 1 N–H and O–H groups in total. The maximum Gasteiger partial charge on any atom is 0.377 e. The van der Waals surface area contributed by atoms with Crippen LogP contribution in [-0.4, -0.2) is 31.8 Å². The van der Waals surface area contributed by atoms with Gasteiger partial charge in [0, 0.05) is 12.2 Å². The zero-order valence-corrected chi connectivity index (χ0v) is 25.6. The number of carbonyl (C=O) groups excluding carboxylic acids is 1. The molecular weight excluding hydrogens is 480 g/mol. The topological polar surface area (TPSA) is 72.8 Å². The third-order valence-corrected chi connectivity index (χ3v) is 13.7. The van der Waals surface area contributed by atoms with E-state index in [1.54, 1.807) is 6.07 Å². The number of carboxylic acid groups (broad SMARTS) is 1. The lowest BCUT2D eigenvalue weighted by atomic mass is 9.82. The minimum Gasteiger partial charge on any atom is -0.543 e. The summed E-state index contributed by atoms with van der Waals surface area (Å²) in [7, 11) is -2.07. The van der Waals surface area contributed by atoms with E-state index in [0.29, 0.717) is 23.2 Å². The Kier molecular flexibility index (Phi) is 10.3. The van der Waals surface area contributed by atoms with E-state index in [1.165, 1.54) is 0 Å². The fraction of sp³-hybridized carbons (Fsp3) is 0.548. The van der Waals surface area contributed by atoms with Gasteiger partial charge in [0.2, 0.25) is 0 Å². The molecule has 37 heavy (non-hydrogen) atoms. The Morgan fingerprint density at radius 2 is 1.38 bits per heavy atom. The van der Waals surface area contributed by atoms with Crippen molar-refractivity contribution in [3.05, 3.63) is 63.7 Å². The molecule has 0 saturated carbocycles. The molecule has 1 unspecified atom stereocenters. The van der Waals surface area contributed by atoms with Crippen molar-refractivity contribution in [3.8, 4) is 5.75 Å². The molecule has 0 aliphatic carbocycles. The average molecular weight is 527 g/mol. The summed E-state index contributed by atoms with van der Waals surface area (Å²) >= 11 is 0. The Morgan fingerprint density at radius 1 is 0.865 bits per heavy atom. The predicted octanol–water partition coefficient (Wildman–Crippen LogP) is 8.37. The van der Waals surface area contributed by atoms with Crippen molar-refractivity contribution in [2.24, 2.45) is 0 Å². The van der Waals surface area contributed by atoms with Crippen LogP contribution in [0.25, 0.3) is 0 Å². The maximum atomic E-state index is 12.5. The van der Waals surface area contributed by atoms with Crippen molar-refractivity contribution in [2.75, 3.05) is 6.61 Å². The third kappa shape index (κ3) is 6.18. The molecule has 0 bridgehead atoms. The first-order chi connectivity index (χ1) is 17.2.